The van der Waals surface area contributed by atoms with Crippen molar-refractivity contribution in [3.63, 3.8) is 0 Å². The van der Waals surface area contributed by atoms with Crippen molar-refractivity contribution in [2.45, 2.75) is 13.0 Å². The van der Waals surface area contributed by atoms with Gasteiger partial charge in [-0.1, -0.05) is 6.07 Å². The molecular weight excluding hydrogens is 406 g/mol. The normalized spacial score (nSPS) is 13.5. The molecule has 0 saturated carbocycles. The summed E-state index contributed by atoms with van der Waals surface area (Å²) in [6.45, 7) is 1.12. The standard InChI is InChI=1S/C21H17N3O3S2/c1-27-21(26)12-4-5-15-13(9-12)14-10-24(7-6-16(14)22-15)20(25)17-11-29-19(23-17)18-3-2-8-28-18/h2-5,8-9,11,22H,6-7,10H2,1H3. The number of benzene rings is 1. The van der Waals surface area contributed by atoms with Crippen molar-refractivity contribution in [3.05, 3.63) is 63.6 Å². The van der Waals surface area contributed by atoms with Crippen LogP contribution in [0, 0.1) is 0 Å². The van der Waals surface area contributed by atoms with E-state index in [2.05, 4.69) is 9.97 Å². The second-order valence-electron chi connectivity index (χ2n) is 6.83. The van der Waals surface area contributed by atoms with Gasteiger partial charge in [-0.25, -0.2) is 9.78 Å². The fourth-order valence-electron chi connectivity index (χ4n) is 3.68. The van der Waals surface area contributed by atoms with Crippen molar-refractivity contribution < 1.29 is 14.3 Å². The van der Waals surface area contributed by atoms with Gasteiger partial charge in [0.05, 0.1) is 17.6 Å². The van der Waals surface area contributed by atoms with Crippen molar-refractivity contribution in [1.29, 1.82) is 0 Å². The molecule has 1 amide bonds. The second-order valence-corrected chi connectivity index (χ2v) is 8.63. The van der Waals surface area contributed by atoms with Crippen LogP contribution in [0.2, 0.25) is 0 Å². The average molecular weight is 424 g/mol. The third-order valence-corrected chi connectivity index (χ3v) is 7.02. The van der Waals surface area contributed by atoms with Crippen LogP contribution < -0.4 is 0 Å². The highest BCUT2D eigenvalue weighted by Gasteiger charge is 2.26. The number of carbonyl (C=O) groups excluding carboxylic acids is 2. The van der Waals surface area contributed by atoms with Crippen molar-refractivity contribution >= 4 is 45.5 Å². The number of nitrogens with one attached hydrogen (secondary N) is 1. The van der Waals surface area contributed by atoms with Crippen LogP contribution in [0.4, 0.5) is 0 Å². The van der Waals surface area contributed by atoms with Crippen molar-refractivity contribution in [3.8, 4) is 9.88 Å². The van der Waals surface area contributed by atoms with Crippen LogP contribution in [0.5, 0.6) is 0 Å². The Bertz CT molecular complexity index is 1220. The van der Waals surface area contributed by atoms with E-state index in [0.717, 1.165) is 38.5 Å². The van der Waals surface area contributed by atoms with E-state index in [1.54, 1.807) is 17.4 Å². The van der Waals surface area contributed by atoms with Crippen molar-refractivity contribution in [1.82, 2.24) is 14.9 Å². The van der Waals surface area contributed by atoms with E-state index in [9.17, 15) is 9.59 Å². The summed E-state index contributed by atoms with van der Waals surface area (Å²) in [7, 11) is 1.37. The summed E-state index contributed by atoms with van der Waals surface area (Å²) in [6, 6.07) is 9.47. The van der Waals surface area contributed by atoms with E-state index in [1.807, 2.05) is 39.9 Å². The molecule has 5 rings (SSSR count). The first-order valence-electron chi connectivity index (χ1n) is 9.14. The van der Waals surface area contributed by atoms with Gasteiger partial charge in [-0.2, -0.15) is 0 Å². The largest absolute Gasteiger partial charge is 0.465 e. The van der Waals surface area contributed by atoms with E-state index in [0.29, 0.717) is 24.3 Å². The highest BCUT2D eigenvalue weighted by Crippen LogP contribution is 2.31. The van der Waals surface area contributed by atoms with E-state index < -0.39 is 0 Å². The molecule has 4 heterocycles. The minimum absolute atomic E-state index is 0.0619. The summed E-state index contributed by atoms with van der Waals surface area (Å²) < 4.78 is 4.84. The number of thiophene rings is 1. The van der Waals surface area contributed by atoms with E-state index in [-0.39, 0.29) is 11.9 Å². The SMILES string of the molecule is COC(=O)c1ccc2[nH]c3c(c2c1)CN(C(=O)c1csc(-c2cccs2)n1)CC3. The monoisotopic (exact) mass is 423 g/mol. The number of aromatic amines is 1. The molecule has 0 radical (unpaired) electrons. The van der Waals surface area contributed by atoms with E-state index in [4.69, 9.17) is 4.74 Å². The van der Waals surface area contributed by atoms with Gasteiger partial charge in [-0.3, -0.25) is 4.79 Å². The van der Waals surface area contributed by atoms with Crippen LogP contribution in [-0.4, -0.2) is 40.4 Å². The molecule has 1 aliphatic heterocycles. The van der Waals surface area contributed by atoms with Gasteiger partial charge in [-0.05, 0) is 29.6 Å². The Morgan fingerprint density at radius 2 is 2.14 bits per heavy atom. The summed E-state index contributed by atoms with van der Waals surface area (Å²) in [5, 5.41) is 5.66. The average Bonchev–Trinajstić information content (AvgIpc) is 3.50. The zero-order valence-electron chi connectivity index (χ0n) is 15.6. The van der Waals surface area contributed by atoms with Gasteiger partial charge in [0.1, 0.15) is 10.7 Å². The summed E-state index contributed by atoms with van der Waals surface area (Å²) >= 11 is 3.11. The van der Waals surface area contributed by atoms with Crippen molar-refractivity contribution in [2.24, 2.45) is 0 Å². The number of thiazole rings is 1. The molecule has 0 aliphatic carbocycles. The number of carbonyl (C=O) groups is 2. The van der Waals surface area contributed by atoms with Gasteiger partial charge >= 0.3 is 5.97 Å². The molecule has 1 aromatic carbocycles. The fraction of sp³-hybridized carbons (Fsp3) is 0.190. The second kappa shape index (κ2) is 7.13. The zero-order chi connectivity index (χ0) is 20.0. The first-order chi connectivity index (χ1) is 14.1. The lowest BCUT2D eigenvalue weighted by Crippen LogP contribution is -2.36. The van der Waals surface area contributed by atoms with Crippen LogP contribution in [0.1, 0.15) is 32.1 Å². The van der Waals surface area contributed by atoms with Crippen LogP contribution in [0.3, 0.4) is 0 Å². The highest BCUT2D eigenvalue weighted by atomic mass is 32.1. The molecule has 0 fully saturated rings. The number of hydrogen-bond acceptors (Lipinski definition) is 6. The lowest BCUT2D eigenvalue weighted by atomic mass is 10.0. The lowest BCUT2D eigenvalue weighted by Gasteiger charge is -2.26. The van der Waals surface area contributed by atoms with Gasteiger partial charge in [0.2, 0.25) is 0 Å². The number of esters is 1. The predicted molar refractivity (Wildman–Crippen MR) is 114 cm³/mol. The number of fused-ring (bicyclic) bond motifs is 3. The Balaban J connectivity index is 1.44. The van der Waals surface area contributed by atoms with Gasteiger partial charge < -0.3 is 14.6 Å². The molecule has 1 aliphatic rings. The van der Waals surface area contributed by atoms with Crippen molar-refractivity contribution in [2.75, 3.05) is 13.7 Å². The van der Waals surface area contributed by atoms with Gasteiger partial charge in [0.25, 0.3) is 5.91 Å². The Morgan fingerprint density at radius 1 is 1.24 bits per heavy atom. The Morgan fingerprint density at radius 3 is 2.93 bits per heavy atom. The molecule has 0 saturated heterocycles. The van der Waals surface area contributed by atoms with Gasteiger partial charge in [0.15, 0.2) is 0 Å². The number of hydrogen-bond donors (Lipinski definition) is 1. The number of methoxy groups -OCH3 is 1. The molecule has 6 nitrogen and oxygen atoms in total. The molecule has 146 valence electrons. The zero-order valence-corrected chi connectivity index (χ0v) is 17.2. The summed E-state index contributed by atoms with van der Waals surface area (Å²) in [4.78, 5) is 35.8. The number of aromatic nitrogens is 2. The molecule has 0 unspecified atom stereocenters. The number of ether oxygens (including phenoxy) is 1. The maximum absolute atomic E-state index is 13.1. The predicted octanol–water partition coefficient (Wildman–Crippen LogP) is 4.34. The maximum atomic E-state index is 13.1. The molecule has 0 atom stereocenters. The molecule has 29 heavy (non-hydrogen) atoms. The molecular formula is C21H17N3O3S2. The van der Waals surface area contributed by atoms with Crippen LogP contribution in [0.15, 0.2) is 41.1 Å². The number of nitrogens with zero attached hydrogens (tertiary/aromatic N) is 2. The van der Waals surface area contributed by atoms with Gasteiger partial charge in [0, 0.05) is 47.1 Å². The van der Waals surface area contributed by atoms with E-state index >= 15 is 0 Å². The molecule has 3 aromatic heterocycles. The minimum Gasteiger partial charge on any atom is -0.465 e. The first kappa shape index (κ1) is 18.1. The quantitative estimate of drug-likeness (QED) is 0.498. The summed E-state index contributed by atoms with van der Waals surface area (Å²) in [5.74, 6) is -0.428. The molecule has 0 spiro atoms. The molecule has 0 bridgehead atoms. The lowest BCUT2D eigenvalue weighted by molar-refractivity contribution is 0.0600. The Hall–Kier alpha value is -2.97. The Labute approximate surface area is 174 Å². The van der Waals surface area contributed by atoms with Gasteiger partial charge in [-0.15, -0.1) is 22.7 Å². The molecule has 4 aromatic rings. The smallest absolute Gasteiger partial charge is 0.337 e. The van der Waals surface area contributed by atoms with Crippen LogP contribution >= 0.6 is 22.7 Å². The molecule has 1 N–H and O–H groups in total. The van der Waals surface area contributed by atoms with Crippen LogP contribution in [0.25, 0.3) is 20.8 Å². The third kappa shape index (κ3) is 3.14. The maximum Gasteiger partial charge on any atom is 0.337 e. The number of rotatable bonds is 3. The topological polar surface area (TPSA) is 75.3 Å². The fourth-order valence-corrected chi connectivity index (χ4v) is 5.29. The van der Waals surface area contributed by atoms with E-state index in [1.165, 1.54) is 18.4 Å². The third-order valence-electron chi connectivity index (χ3n) is 5.14. The van der Waals surface area contributed by atoms with Crippen LogP contribution in [-0.2, 0) is 17.7 Å². The number of amides is 1. The highest BCUT2D eigenvalue weighted by molar-refractivity contribution is 7.20. The summed E-state index contributed by atoms with van der Waals surface area (Å²) in [5.41, 5.74) is 4.12. The molecule has 8 heteroatoms. The number of H-pyrrole nitrogens is 1. The summed E-state index contributed by atoms with van der Waals surface area (Å²) in [6.07, 6.45) is 0.741. The minimum atomic E-state index is -0.367. The first-order valence-corrected chi connectivity index (χ1v) is 10.9. The Kier molecular flexibility index (Phi) is 4.44.